The van der Waals surface area contributed by atoms with Crippen molar-refractivity contribution >= 4 is 15.9 Å². The number of benzene rings is 3. The van der Waals surface area contributed by atoms with Crippen LogP contribution in [0.15, 0.2) is 89.8 Å². The number of sulfonamides is 1. The van der Waals surface area contributed by atoms with Gasteiger partial charge in [-0.2, -0.15) is 0 Å². The highest BCUT2D eigenvalue weighted by Crippen LogP contribution is 2.12. The van der Waals surface area contributed by atoms with E-state index < -0.39 is 10.0 Å². The number of hydrogen-bond donors (Lipinski definition) is 2. The van der Waals surface area contributed by atoms with Crippen molar-refractivity contribution in [3.05, 3.63) is 102 Å². The van der Waals surface area contributed by atoms with Crippen molar-refractivity contribution in [1.29, 1.82) is 0 Å². The molecule has 2 N–H and O–H groups in total. The Labute approximate surface area is 171 Å². The van der Waals surface area contributed by atoms with Gasteiger partial charge in [0.2, 0.25) is 10.0 Å². The van der Waals surface area contributed by atoms with Crippen molar-refractivity contribution < 1.29 is 13.2 Å². The van der Waals surface area contributed by atoms with Crippen molar-refractivity contribution in [2.45, 2.75) is 17.7 Å². The summed E-state index contributed by atoms with van der Waals surface area (Å²) in [5, 5.41) is 2.84. The van der Waals surface area contributed by atoms with E-state index >= 15 is 0 Å². The first kappa shape index (κ1) is 20.8. The Bertz CT molecular complexity index is 1040. The highest BCUT2D eigenvalue weighted by molar-refractivity contribution is 7.89. The van der Waals surface area contributed by atoms with Crippen LogP contribution in [0.5, 0.6) is 0 Å². The Balaban J connectivity index is 1.56. The summed E-state index contributed by atoms with van der Waals surface area (Å²) in [6.07, 6.45) is 1.31. The van der Waals surface area contributed by atoms with Gasteiger partial charge in [0.25, 0.3) is 5.91 Å². The fourth-order valence-corrected chi connectivity index (χ4v) is 4.01. The summed E-state index contributed by atoms with van der Waals surface area (Å²) in [6.45, 7) is 0.773. The Morgan fingerprint density at radius 1 is 0.724 bits per heavy atom. The van der Waals surface area contributed by atoms with Gasteiger partial charge < -0.3 is 5.32 Å². The van der Waals surface area contributed by atoms with Gasteiger partial charge in [-0.15, -0.1) is 0 Å². The van der Waals surface area contributed by atoms with Gasteiger partial charge in [0.1, 0.15) is 0 Å². The van der Waals surface area contributed by atoms with Crippen LogP contribution < -0.4 is 10.0 Å². The molecule has 0 aromatic heterocycles. The van der Waals surface area contributed by atoms with Gasteiger partial charge in [0.15, 0.2) is 0 Å². The van der Waals surface area contributed by atoms with Crippen molar-refractivity contribution in [3.63, 3.8) is 0 Å². The predicted molar refractivity (Wildman–Crippen MR) is 114 cm³/mol. The van der Waals surface area contributed by atoms with Crippen molar-refractivity contribution in [3.8, 4) is 0 Å². The Kier molecular flexibility index (Phi) is 7.16. The molecule has 3 rings (SSSR count). The molecule has 6 heteroatoms. The van der Waals surface area contributed by atoms with Crippen molar-refractivity contribution in [1.82, 2.24) is 10.0 Å². The second-order valence-electron chi connectivity index (χ2n) is 6.65. The minimum Gasteiger partial charge on any atom is -0.352 e. The van der Waals surface area contributed by atoms with E-state index in [-0.39, 0.29) is 10.8 Å². The maximum atomic E-state index is 12.6. The molecule has 0 aliphatic rings. The van der Waals surface area contributed by atoms with Crippen LogP contribution in [0.25, 0.3) is 0 Å². The normalized spacial score (nSPS) is 11.2. The van der Waals surface area contributed by atoms with E-state index in [0.717, 1.165) is 11.1 Å². The standard InChI is InChI=1S/C23H24N2O3S/c26-23(24-16-14-19-8-3-1-4-9-19)21-12-7-13-22(18-21)29(27,28)25-17-15-20-10-5-2-6-11-20/h1-13,18,25H,14-17H2,(H,24,26). The maximum Gasteiger partial charge on any atom is 0.251 e. The average molecular weight is 409 g/mol. The molecule has 0 aliphatic carbocycles. The molecule has 0 aliphatic heterocycles. The second-order valence-corrected chi connectivity index (χ2v) is 8.42. The molecule has 29 heavy (non-hydrogen) atoms. The van der Waals surface area contributed by atoms with E-state index in [4.69, 9.17) is 0 Å². The summed E-state index contributed by atoms with van der Waals surface area (Å²) in [5.41, 5.74) is 2.51. The minimum absolute atomic E-state index is 0.0845. The van der Waals surface area contributed by atoms with Gasteiger partial charge in [-0.3, -0.25) is 4.79 Å². The summed E-state index contributed by atoms with van der Waals surface area (Å²) in [6, 6.07) is 25.6. The number of amides is 1. The van der Waals surface area contributed by atoms with Gasteiger partial charge in [-0.25, -0.2) is 13.1 Å². The predicted octanol–water partition coefficient (Wildman–Crippen LogP) is 3.18. The molecule has 0 atom stereocenters. The van der Waals surface area contributed by atoms with E-state index in [1.807, 2.05) is 60.7 Å². The molecule has 150 valence electrons. The number of nitrogens with one attached hydrogen (secondary N) is 2. The summed E-state index contributed by atoms with van der Waals surface area (Å²) < 4.78 is 27.7. The van der Waals surface area contributed by atoms with E-state index in [2.05, 4.69) is 10.0 Å². The largest absolute Gasteiger partial charge is 0.352 e. The first-order valence-electron chi connectivity index (χ1n) is 9.50. The zero-order chi connectivity index (χ0) is 20.5. The first-order chi connectivity index (χ1) is 14.0. The first-order valence-corrected chi connectivity index (χ1v) is 11.0. The van der Waals surface area contributed by atoms with Gasteiger partial charge >= 0.3 is 0 Å². The quantitative estimate of drug-likeness (QED) is 0.571. The molecule has 0 radical (unpaired) electrons. The van der Waals surface area contributed by atoms with Crippen LogP contribution in [0.3, 0.4) is 0 Å². The molecule has 5 nitrogen and oxygen atoms in total. The van der Waals surface area contributed by atoms with Gasteiger partial charge in [0.05, 0.1) is 4.90 Å². The van der Waals surface area contributed by atoms with Crippen LogP contribution >= 0.6 is 0 Å². The average Bonchev–Trinajstić information content (AvgIpc) is 2.75. The number of carbonyl (C=O) groups is 1. The topological polar surface area (TPSA) is 75.3 Å². The van der Waals surface area contributed by atoms with Gasteiger partial charge in [-0.1, -0.05) is 66.7 Å². The monoisotopic (exact) mass is 408 g/mol. The Morgan fingerprint density at radius 3 is 1.93 bits per heavy atom. The minimum atomic E-state index is -3.68. The molecule has 1 amide bonds. The van der Waals surface area contributed by atoms with E-state index in [9.17, 15) is 13.2 Å². The third kappa shape index (κ3) is 6.27. The van der Waals surface area contributed by atoms with Crippen LogP contribution in [0.1, 0.15) is 21.5 Å². The third-order valence-corrected chi connectivity index (χ3v) is 5.96. The fraction of sp³-hybridized carbons (Fsp3) is 0.174. The molecule has 0 unspecified atom stereocenters. The molecular formula is C23H24N2O3S. The molecule has 0 fully saturated rings. The SMILES string of the molecule is O=C(NCCc1ccccc1)c1cccc(S(=O)(=O)NCCc2ccccc2)c1. The summed E-state index contributed by atoms with van der Waals surface area (Å²) in [5.74, 6) is -0.290. The van der Waals surface area contributed by atoms with Crippen molar-refractivity contribution in [2.75, 3.05) is 13.1 Å². The molecule has 0 spiro atoms. The number of hydrogen-bond acceptors (Lipinski definition) is 3. The lowest BCUT2D eigenvalue weighted by atomic mass is 10.1. The maximum absolute atomic E-state index is 12.6. The summed E-state index contributed by atoms with van der Waals surface area (Å²) in [7, 11) is -3.68. The smallest absolute Gasteiger partial charge is 0.251 e. The highest BCUT2D eigenvalue weighted by Gasteiger charge is 2.16. The van der Waals surface area contributed by atoms with E-state index in [1.165, 1.54) is 12.1 Å². The second kappa shape index (κ2) is 10.0. The zero-order valence-electron chi connectivity index (χ0n) is 16.0. The van der Waals surface area contributed by atoms with Crippen LogP contribution in [-0.4, -0.2) is 27.4 Å². The Morgan fingerprint density at radius 2 is 1.31 bits per heavy atom. The summed E-state index contributed by atoms with van der Waals surface area (Å²) >= 11 is 0. The number of carbonyl (C=O) groups excluding carboxylic acids is 1. The van der Waals surface area contributed by atoms with Gasteiger partial charge in [-0.05, 0) is 42.2 Å². The molecule has 0 saturated carbocycles. The lowest BCUT2D eigenvalue weighted by Crippen LogP contribution is -2.28. The van der Waals surface area contributed by atoms with E-state index in [0.29, 0.717) is 31.5 Å². The molecule has 0 saturated heterocycles. The molecular weight excluding hydrogens is 384 g/mol. The molecule has 3 aromatic rings. The highest BCUT2D eigenvalue weighted by atomic mass is 32.2. The van der Waals surface area contributed by atoms with Crippen LogP contribution in [-0.2, 0) is 22.9 Å². The lowest BCUT2D eigenvalue weighted by Gasteiger charge is -2.09. The third-order valence-electron chi connectivity index (χ3n) is 4.50. The molecule has 0 bridgehead atoms. The lowest BCUT2D eigenvalue weighted by molar-refractivity contribution is 0.0954. The zero-order valence-corrected chi connectivity index (χ0v) is 16.9. The van der Waals surface area contributed by atoms with Gasteiger partial charge in [0, 0.05) is 18.7 Å². The number of rotatable bonds is 9. The summed E-state index contributed by atoms with van der Waals surface area (Å²) in [4.78, 5) is 12.5. The van der Waals surface area contributed by atoms with Crippen LogP contribution in [0.4, 0.5) is 0 Å². The molecule has 3 aromatic carbocycles. The van der Waals surface area contributed by atoms with Crippen molar-refractivity contribution in [2.24, 2.45) is 0 Å². The fourth-order valence-electron chi connectivity index (χ4n) is 2.93. The molecule has 0 heterocycles. The Hall–Kier alpha value is -2.96. The van der Waals surface area contributed by atoms with Crippen LogP contribution in [0, 0.1) is 0 Å². The van der Waals surface area contributed by atoms with Crippen LogP contribution in [0.2, 0.25) is 0 Å². The van der Waals surface area contributed by atoms with E-state index in [1.54, 1.807) is 12.1 Å².